The molecular formula is C12H18N4O2S. The Hall–Kier alpha value is -1.50. The predicted octanol–water partition coefficient (Wildman–Crippen LogP) is 0.979. The summed E-state index contributed by atoms with van der Waals surface area (Å²) in [6.07, 6.45) is 3.74. The van der Waals surface area contributed by atoms with Crippen LogP contribution in [0, 0.1) is 6.92 Å². The van der Waals surface area contributed by atoms with E-state index in [0.29, 0.717) is 23.5 Å². The van der Waals surface area contributed by atoms with Gasteiger partial charge in [0.25, 0.3) is 5.91 Å². The Morgan fingerprint density at radius 1 is 1.32 bits per heavy atom. The molecule has 0 unspecified atom stereocenters. The Labute approximate surface area is 116 Å². The van der Waals surface area contributed by atoms with Crippen LogP contribution in [0.1, 0.15) is 41.0 Å². The minimum Gasteiger partial charge on any atom is -0.351 e. The van der Waals surface area contributed by atoms with E-state index in [1.54, 1.807) is 6.92 Å². The first-order chi connectivity index (χ1) is 9.18. The topological polar surface area (TPSA) is 75.2 Å². The predicted molar refractivity (Wildman–Crippen MR) is 72.0 cm³/mol. The number of nitrogens with one attached hydrogen (secondary N) is 1. The van der Waals surface area contributed by atoms with E-state index in [9.17, 15) is 9.59 Å². The van der Waals surface area contributed by atoms with E-state index in [0.717, 1.165) is 37.5 Å². The number of hydrogen-bond acceptors (Lipinski definition) is 5. The van der Waals surface area contributed by atoms with Gasteiger partial charge in [0.15, 0.2) is 0 Å². The summed E-state index contributed by atoms with van der Waals surface area (Å²) in [6, 6.07) is 0. The van der Waals surface area contributed by atoms with Crippen molar-refractivity contribution in [1.82, 2.24) is 19.8 Å². The highest BCUT2D eigenvalue weighted by atomic mass is 32.1. The summed E-state index contributed by atoms with van der Waals surface area (Å²) in [5, 5.41) is 6.53. The van der Waals surface area contributed by atoms with Gasteiger partial charge >= 0.3 is 0 Å². The summed E-state index contributed by atoms with van der Waals surface area (Å²) in [5.41, 5.74) is 0.629. The van der Waals surface area contributed by atoms with E-state index >= 15 is 0 Å². The molecule has 2 amide bonds. The molecule has 1 aliphatic rings. The van der Waals surface area contributed by atoms with Gasteiger partial charge in [0, 0.05) is 26.1 Å². The SMILES string of the molecule is Cc1nnsc1C(=O)NCCC(=O)N1CCCCC1. The maximum absolute atomic E-state index is 11.9. The van der Waals surface area contributed by atoms with Crippen LogP contribution in [0.2, 0.25) is 0 Å². The van der Waals surface area contributed by atoms with E-state index in [1.807, 2.05) is 4.90 Å². The van der Waals surface area contributed by atoms with Crippen LogP contribution >= 0.6 is 11.5 Å². The van der Waals surface area contributed by atoms with E-state index in [2.05, 4.69) is 14.9 Å². The van der Waals surface area contributed by atoms with Crippen LogP contribution in [0.3, 0.4) is 0 Å². The monoisotopic (exact) mass is 282 g/mol. The summed E-state index contributed by atoms with van der Waals surface area (Å²) in [4.78, 5) is 26.1. The summed E-state index contributed by atoms with van der Waals surface area (Å²) in [6.45, 7) is 3.82. The van der Waals surface area contributed by atoms with Crippen molar-refractivity contribution in [2.45, 2.75) is 32.6 Å². The lowest BCUT2D eigenvalue weighted by atomic mass is 10.1. The van der Waals surface area contributed by atoms with Crippen molar-refractivity contribution < 1.29 is 9.59 Å². The largest absolute Gasteiger partial charge is 0.351 e. The summed E-state index contributed by atoms with van der Waals surface area (Å²) in [5.74, 6) is -0.0712. The van der Waals surface area contributed by atoms with Gasteiger partial charge in [0.1, 0.15) is 4.88 Å². The number of aromatic nitrogens is 2. The molecule has 1 saturated heterocycles. The molecule has 0 saturated carbocycles. The standard InChI is InChI=1S/C12H18N4O2S/c1-9-11(19-15-14-9)12(18)13-6-5-10(17)16-7-3-2-4-8-16/h2-8H2,1H3,(H,13,18). The van der Waals surface area contributed by atoms with Crippen molar-refractivity contribution in [3.05, 3.63) is 10.6 Å². The van der Waals surface area contributed by atoms with Gasteiger partial charge in [-0.3, -0.25) is 9.59 Å². The first kappa shape index (κ1) is 13.9. The number of carbonyl (C=O) groups excluding carboxylic acids is 2. The van der Waals surface area contributed by atoms with Gasteiger partial charge in [-0.05, 0) is 37.7 Å². The zero-order valence-corrected chi connectivity index (χ0v) is 11.8. The van der Waals surface area contributed by atoms with Gasteiger partial charge < -0.3 is 10.2 Å². The fourth-order valence-electron chi connectivity index (χ4n) is 2.10. The van der Waals surface area contributed by atoms with E-state index in [-0.39, 0.29) is 11.8 Å². The number of rotatable bonds is 4. The molecule has 0 spiro atoms. The molecule has 0 atom stereocenters. The number of nitrogens with zero attached hydrogens (tertiary/aromatic N) is 3. The molecular weight excluding hydrogens is 264 g/mol. The number of likely N-dealkylation sites (tertiary alicyclic amines) is 1. The van der Waals surface area contributed by atoms with Gasteiger partial charge in [-0.25, -0.2) is 0 Å². The first-order valence-electron chi connectivity index (χ1n) is 6.53. The average molecular weight is 282 g/mol. The third-order valence-electron chi connectivity index (χ3n) is 3.19. The fraction of sp³-hybridized carbons (Fsp3) is 0.667. The minimum absolute atomic E-state index is 0.124. The molecule has 19 heavy (non-hydrogen) atoms. The third kappa shape index (κ3) is 3.73. The maximum atomic E-state index is 11.9. The highest BCUT2D eigenvalue weighted by molar-refractivity contribution is 7.07. The van der Waals surface area contributed by atoms with Crippen LogP contribution in [0.15, 0.2) is 0 Å². The van der Waals surface area contributed by atoms with Gasteiger partial charge in [0.2, 0.25) is 5.91 Å². The number of carbonyl (C=O) groups is 2. The second kappa shape index (κ2) is 6.60. The van der Waals surface area contributed by atoms with Crippen molar-refractivity contribution in [1.29, 1.82) is 0 Å². The second-order valence-corrected chi connectivity index (χ2v) is 5.39. The quantitative estimate of drug-likeness (QED) is 0.893. The Balaban J connectivity index is 1.73. The molecule has 2 heterocycles. The number of piperidine rings is 1. The van der Waals surface area contributed by atoms with Crippen LogP contribution in [0.5, 0.6) is 0 Å². The molecule has 1 N–H and O–H groups in total. The maximum Gasteiger partial charge on any atom is 0.264 e. The zero-order valence-electron chi connectivity index (χ0n) is 11.0. The zero-order chi connectivity index (χ0) is 13.7. The molecule has 0 aliphatic carbocycles. The number of hydrogen-bond donors (Lipinski definition) is 1. The van der Waals surface area contributed by atoms with E-state index in [1.165, 1.54) is 6.42 Å². The second-order valence-electron chi connectivity index (χ2n) is 4.63. The lowest BCUT2D eigenvalue weighted by Gasteiger charge is -2.26. The van der Waals surface area contributed by atoms with Crippen molar-refractivity contribution in [2.75, 3.05) is 19.6 Å². The highest BCUT2D eigenvalue weighted by Gasteiger charge is 2.17. The van der Waals surface area contributed by atoms with Crippen molar-refractivity contribution in [3.8, 4) is 0 Å². The Kier molecular flexibility index (Phi) is 4.84. The van der Waals surface area contributed by atoms with Gasteiger partial charge in [0.05, 0.1) is 5.69 Å². The average Bonchev–Trinajstić information content (AvgIpc) is 2.86. The van der Waals surface area contributed by atoms with Crippen molar-refractivity contribution >= 4 is 23.3 Å². The fourth-order valence-corrected chi connectivity index (χ4v) is 2.68. The smallest absolute Gasteiger partial charge is 0.264 e. The normalized spacial score (nSPS) is 15.3. The van der Waals surface area contributed by atoms with Crippen LogP contribution in [0.25, 0.3) is 0 Å². The molecule has 2 rings (SSSR count). The van der Waals surface area contributed by atoms with Crippen molar-refractivity contribution in [2.24, 2.45) is 0 Å². The summed E-state index contributed by atoms with van der Waals surface area (Å²) in [7, 11) is 0. The lowest BCUT2D eigenvalue weighted by molar-refractivity contribution is -0.131. The first-order valence-corrected chi connectivity index (χ1v) is 7.31. The number of aryl methyl sites for hydroxylation is 1. The van der Waals surface area contributed by atoms with Gasteiger partial charge in [-0.15, -0.1) is 5.10 Å². The summed E-state index contributed by atoms with van der Waals surface area (Å²) < 4.78 is 3.72. The third-order valence-corrected chi connectivity index (χ3v) is 4.02. The molecule has 0 radical (unpaired) electrons. The van der Waals surface area contributed by atoms with Crippen LogP contribution < -0.4 is 5.32 Å². The van der Waals surface area contributed by atoms with Crippen molar-refractivity contribution in [3.63, 3.8) is 0 Å². The van der Waals surface area contributed by atoms with Crippen LogP contribution in [-0.4, -0.2) is 45.9 Å². The summed E-state index contributed by atoms with van der Waals surface area (Å²) >= 11 is 1.08. The molecule has 0 aromatic carbocycles. The molecule has 1 aliphatic heterocycles. The van der Waals surface area contributed by atoms with Gasteiger partial charge in [-0.1, -0.05) is 4.49 Å². The van der Waals surface area contributed by atoms with Crippen LogP contribution in [0.4, 0.5) is 0 Å². The highest BCUT2D eigenvalue weighted by Crippen LogP contribution is 2.10. The lowest BCUT2D eigenvalue weighted by Crippen LogP contribution is -2.37. The van der Waals surface area contributed by atoms with Gasteiger partial charge in [-0.2, -0.15) is 0 Å². The molecule has 7 heteroatoms. The Morgan fingerprint density at radius 3 is 2.68 bits per heavy atom. The van der Waals surface area contributed by atoms with E-state index < -0.39 is 0 Å². The minimum atomic E-state index is -0.195. The van der Waals surface area contributed by atoms with E-state index in [4.69, 9.17) is 0 Å². The Morgan fingerprint density at radius 2 is 2.05 bits per heavy atom. The molecule has 6 nitrogen and oxygen atoms in total. The molecule has 104 valence electrons. The molecule has 1 aromatic heterocycles. The molecule has 0 bridgehead atoms. The Bertz CT molecular complexity index is 454. The number of amides is 2. The van der Waals surface area contributed by atoms with Crippen LogP contribution in [-0.2, 0) is 4.79 Å². The molecule has 1 fully saturated rings. The molecule has 1 aromatic rings.